The predicted octanol–water partition coefficient (Wildman–Crippen LogP) is 6.00. The van der Waals surface area contributed by atoms with Crippen molar-refractivity contribution in [1.29, 1.82) is 0 Å². The summed E-state index contributed by atoms with van der Waals surface area (Å²) in [4.78, 5) is 11.9. The van der Waals surface area contributed by atoms with Gasteiger partial charge in [-0.3, -0.25) is 14.7 Å². The molecule has 0 aliphatic rings. The zero-order valence-corrected chi connectivity index (χ0v) is 18.1. The predicted molar refractivity (Wildman–Crippen MR) is 113 cm³/mol. The summed E-state index contributed by atoms with van der Waals surface area (Å²) in [5, 5.41) is 14.4. The molecule has 1 N–H and O–H groups in total. The lowest BCUT2D eigenvalue weighted by Gasteiger charge is -2.28. The lowest BCUT2D eigenvalue weighted by molar-refractivity contribution is -0.385. The average Bonchev–Trinajstić information content (AvgIpc) is 2.67. The van der Waals surface area contributed by atoms with Gasteiger partial charge in [0.2, 0.25) is 0 Å². The van der Waals surface area contributed by atoms with E-state index in [1.54, 1.807) is 44.7 Å². The highest BCUT2D eigenvalue weighted by atomic mass is 32.2. The molecule has 2 aromatic carbocycles. The number of nitro benzene ring substituents is 1. The maximum atomic E-state index is 13.5. The molecule has 0 aliphatic carbocycles. The Morgan fingerprint density at radius 2 is 1.75 bits per heavy atom. The lowest BCUT2D eigenvalue weighted by atomic mass is 10.1. The molecular weight excluding hydrogens is 399 g/mol. The largest absolute Gasteiger partial charge is 0.368 e. The molecule has 2 rings (SSSR count). The van der Waals surface area contributed by atoms with E-state index in [4.69, 9.17) is 9.05 Å². The molecule has 1 atom stereocenters. The molecule has 0 bridgehead atoms. The monoisotopic (exact) mass is 424 g/mol. The zero-order valence-electron chi connectivity index (χ0n) is 16.4. The van der Waals surface area contributed by atoms with Crippen molar-refractivity contribution in [1.82, 2.24) is 0 Å². The summed E-state index contributed by atoms with van der Waals surface area (Å²) in [7, 11) is -3.58. The van der Waals surface area contributed by atoms with Crippen molar-refractivity contribution in [2.24, 2.45) is 0 Å². The second kappa shape index (κ2) is 10.1. The van der Waals surface area contributed by atoms with Crippen LogP contribution < -0.4 is 5.32 Å². The van der Waals surface area contributed by atoms with Crippen LogP contribution in [0.1, 0.15) is 30.8 Å². The number of thioether (sulfide) groups is 1. The van der Waals surface area contributed by atoms with E-state index in [2.05, 4.69) is 5.32 Å². The number of nitrogens with one attached hydrogen (secondary N) is 1. The third-order valence-corrected chi connectivity index (χ3v) is 7.11. The zero-order chi connectivity index (χ0) is 20.7. The number of rotatable bonds is 10. The highest BCUT2D eigenvalue weighted by Crippen LogP contribution is 2.60. The smallest absolute Gasteiger partial charge is 0.357 e. The minimum absolute atomic E-state index is 0.0101. The van der Waals surface area contributed by atoms with Crippen LogP contribution >= 0.6 is 19.4 Å². The van der Waals surface area contributed by atoms with Crippen LogP contribution in [-0.2, 0) is 13.6 Å². The van der Waals surface area contributed by atoms with Crippen LogP contribution in [0.4, 0.5) is 11.4 Å². The summed E-state index contributed by atoms with van der Waals surface area (Å²) < 4.78 is 24.6. The summed E-state index contributed by atoms with van der Waals surface area (Å²) in [5.74, 6) is -0.800. The Kier molecular flexibility index (Phi) is 8.07. The highest BCUT2D eigenvalue weighted by Gasteiger charge is 2.37. The van der Waals surface area contributed by atoms with Crippen LogP contribution in [0.25, 0.3) is 0 Å². The molecule has 7 nitrogen and oxygen atoms in total. The maximum Gasteiger partial charge on any atom is 0.357 e. The fourth-order valence-electron chi connectivity index (χ4n) is 2.73. The molecular formula is C19H25N2O5PS. The molecule has 9 heteroatoms. The summed E-state index contributed by atoms with van der Waals surface area (Å²) in [6.45, 7) is 5.59. The maximum absolute atomic E-state index is 13.5. The van der Waals surface area contributed by atoms with E-state index < -0.39 is 18.3 Å². The minimum Gasteiger partial charge on any atom is -0.368 e. The van der Waals surface area contributed by atoms with Gasteiger partial charge in [-0.1, -0.05) is 18.2 Å². The fourth-order valence-corrected chi connectivity index (χ4v) is 5.08. The first-order valence-corrected chi connectivity index (χ1v) is 11.7. The molecule has 0 saturated carbocycles. The molecule has 1 unspecified atom stereocenters. The molecule has 0 spiro atoms. The van der Waals surface area contributed by atoms with Crippen LogP contribution in [0.2, 0.25) is 0 Å². The molecule has 28 heavy (non-hydrogen) atoms. The summed E-state index contributed by atoms with van der Waals surface area (Å²) in [6.07, 6.45) is 1.97. The fraction of sp³-hybridized carbons (Fsp3) is 0.368. The van der Waals surface area contributed by atoms with E-state index in [9.17, 15) is 14.7 Å². The average molecular weight is 424 g/mol. The molecule has 2 aromatic rings. The number of nitrogens with zero attached hydrogens (tertiary/aromatic N) is 1. The van der Waals surface area contributed by atoms with Crippen molar-refractivity contribution in [2.45, 2.75) is 31.4 Å². The van der Waals surface area contributed by atoms with Crippen molar-refractivity contribution in [2.75, 3.05) is 24.8 Å². The van der Waals surface area contributed by atoms with E-state index in [1.165, 1.54) is 6.07 Å². The number of anilines is 1. The van der Waals surface area contributed by atoms with Gasteiger partial charge in [-0.2, -0.15) is 0 Å². The van der Waals surface area contributed by atoms with E-state index in [1.807, 2.05) is 30.5 Å². The Bertz CT molecular complexity index is 850. The molecule has 0 amide bonds. The molecule has 0 saturated heterocycles. The summed E-state index contributed by atoms with van der Waals surface area (Å²) >= 11 is 1.60. The molecule has 0 radical (unpaired) electrons. The van der Waals surface area contributed by atoms with Gasteiger partial charge >= 0.3 is 7.60 Å². The first-order chi connectivity index (χ1) is 13.3. The highest BCUT2D eigenvalue weighted by molar-refractivity contribution is 7.98. The third kappa shape index (κ3) is 5.35. The first-order valence-electron chi connectivity index (χ1n) is 8.89. The first kappa shape index (κ1) is 22.4. The van der Waals surface area contributed by atoms with Gasteiger partial charge in [0.25, 0.3) is 5.69 Å². The molecule has 0 heterocycles. The summed E-state index contributed by atoms with van der Waals surface area (Å²) in [6, 6.07) is 12.4. The van der Waals surface area contributed by atoms with Crippen LogP contribution in [0, 0.1) is 17.0 Å². The van der Waals surface area contributed by atoms with Crippen molar-refractivity contribution < 1.29 is 18.5 Å². The van der Waals surface area contributed by atoms with Crippen LogP contribution in [0.15, 0.2) is 47.4 Å². The Morgan fingerprint density at radius 3 is 2.25 bits per heavy atom. The normalized spacial score (nSPS) is 12.6. The van der Waals surface area contributed by atoms with Crippen LogP contribution in [0.5, 0.6) is 0 Å². The Morgan fingerprint density at radius 1 is 1.14 bits per heavy atom. The second-order valence-corrected chi connectivity index (χ2v) is 8.95. The van der Waals surface area contributed by atoms with Gasteiger partial charge in [0.1, 0.15) is 0 Å². The second-order valence-electron chi connectivity index (χ2n) is 5.95. The van der Waals surface area contributed by atoms with E-state index >= 15 is 0 Å². The van der Waals surface area contributed by atoms with E-state index in [0.29, 0.717) is 16.8 Å². The van der Waals surface area contributed by atoms with Crippen molar-refractivity contribution in [3.8, 4) is 0 Å². The quantitative estimate of drug-likeness (QED) is 0.216. The van der Waals surface area contributed by atoms with Gasteiger partial charge in [-0.25, -0.2) is 0 Å². The Labute approximate surface area is 169 Å². The van der Waals surface area contributed by atoms with Crippen molar-refractivity contribution in [3.05, 3.63) is 63.7 Å². The number of aryl methyl sites for hydroxylation is 1. The molecule has 0 aliphatic heterocycles. The number of benzene rings is 2. The Balaban J connectivity index is 2.49. The topological polar surface area (TPSA) is 90.7 Å². The molecule has 0 aromatic heterocycles. The third-order valence-electron chi connectivity index (χ3n) is 4.08. The van der Waals surface area contributed by atoms with E-state index in [0.717, 1.165) is 4.90 Å². The van der Waals surface area contributed by atoms with Gasteiger partial charge in [0.15, 0.2) is 5.78 Å². The molecule has 0 fully saturated rings. The van der Waals surface area contributed by atoms with Gasteiger partial charge in [-0.15, -0.1) is 11.8 Å². The van der Waals surface area contributed by atoms with E-state index in [-0.39, 0.29) is 18.9 Å². The van der Waals surface area contributed by atoms with Gasteiger partial charge in [0, 0.05) is 22.2 Å². The van der Waals surface area contributed by atoms with Crippen molar-refractivity contribution >= 4 is 30.7 Å². The summed E-state index contributed by atoms with van der Waals surface area (Å²) in [5.41, 5.74) is 1.72. The van der Waals surface area contributed by atoms with Gasteiger partial charge in [0.05, 0.1) is 18.1 Å². The number of nitro groups is 1. The number of hydrogen-bond acceptors (Lipinski definition) is 7. The van der Waals surface area contributed by atoms with Crippen LogP contribution in [-0.4, -0.2) is 24.4 Å². The Hall–Kier alpha value is -1.86. The SMILES string of the molecule is CCOP(=O)(OCC)C(Nc1ccc(C)c([N+](=O)[O-])c1)c1ccc(SC)cc1. The van der Waals surface area contributed by atoms with Crippen molar-refractivity contribution in [3.63, 3.8) is 0 Å². The number of hydrogen-bond donors (Lipinski definition) is 1. The standard InChI is InChI=1S/C19H25N2O5PS/c1-5-25-27(24,26-6-2)19(15-8-11-17(28-4)12-9-15)20-16-10-7-14(3)18(13-16)21(22)23/h7-13,19-20H,5-6H2,1-4H3. The lowest BCUT2D eigenvalue weighted by Crippen LogP contribution is -2.15. The molecule has 152 valence electrons. The van der Waals surface area contributed by atoms with Gasteiger partial charge < -0.3 is 14.4 Å². The van der Waals surface area contributed by atoms with Gasteiger partial charge in [-0.05, 0) is 50.8 Å². The van der Waals surface area contributed by atoms with Crippen LogP contribution in [0.3, 0.4) is 0 Å². The minimum atomic E-state index is -3.58.